The predicted molar refractivity (Wildman–Crippen MR) is 111 cm³/mol. The Morgan fingerprint density at radius 1 is 1.09 bits per heavy atom. The van der Waals surface area contributed by atoms with Crippen LogP contribution >= 0.6 is 0 Å². The van der Waals surface area contributed by atoms with Crippen LogP contribution in [0.2, 0.25) is 0 Å². The molecule has 0 bridgehead atoms. The second-order valence-corrected chi connectivity index (χ2v) is 7.64. The summed E-state index contributed by atoms with van der Waals surface area (Å²) < 4.78 is 39.6. The van der Waals surface area contributed by atoms with E-state index in [0.29, 0.717) is 48.7 Å². The molecule has 4 heterocycles. The van der Waals surface area contributed by atoms with Gasteiger partial charge in [0.2, 0.25) is 5.91 Å². The van der Waals surface area contributed by atoms with Gasteiger partial charge in [-0.25, -0.2) is 9.97 Å². The molecule has 168 valence electrons. The van der Waals surface area contributed by atoms with Crippen LogP contribution in [0.5, 0.6) is 0 Å². The van der Waals surface area contributed by atoms with E-state index in [1.807, 2.05) is 25.1 Å². The Kier molecular flexibility index (Phi) is 5.81. The molecule has 0 spiro atoms. The predicted octanol–water partition coefficient (Wildman–Crippen LogP) is 3.09. The van der Waals surface area contributed by atoms with E-state index in [1.54, 1.807) is 17.1 Å². The topological polar surface area (TPSA) is 88.8 Å². The summed E-state index contributed by atoms with van der Waals surface area (Å²) >= 11 is 0. The van der Waals surface area contributed by atoms with Gasteiger partial charge in [-0.1, -0.05) is 13.0 Å². The van der Waals surface area contributed by atoms with Gasteiger partial charge in [0.05, 0.1) is 18.9 Å². The second kappa shape index (κ2) is 8.56. The van der Waals surface area contributed by atoms with Crippen LogP contribution in [0.4, 0.5) is 24.7 Å². The van der Waals surface area contributed by atoms with Crippen LogP contribution in [0.1, 0.15) is 36.0 Å². The van der Waals surface area contributed by atoms with E-state index in [2.05, 4.69) is 25.4 Å². The Morgan fingerprint density at radius 2 is 1.91 bits per heavy atom. The quantitative estimate of drug-likeness (QED) is 0.627. The molecule has 0 unspecified atom stereocenters. The molecular formula is C21H22F3N7O. The fraction of sp³-hybridized carbons (Fsp3) is 0.381. The Bertz CT molecular complexity index is 1110. The summed E-state index contributed by atoms with van der Waals surface area (Å²) in [6, 6.07) is 2.11. The number of rotatable bonds is 6. The number of nitrogens with zero attached hydrogens (tertiary/aromatic N) is 6. The van der Waals surface area contributed by atoms with Gasteiger partial charge in [0.15, 0.2) is 5.82 Å². The lowest BCUT2D eigenvalue weighted by Gasteiger charge is -2.33. The normalized spacial score (nSPS) is 16.1. The Balaban J connectivity index is 1.39. The van der Waals surface area contributed by atoms with E-state index in [1.165, 1.54) is 12.3 Å². The van der Waals surface area contributed by atoms with Crippen molar-refractivity contribution in [2.45, 2.75) is 44.9 Å². The van der Waals surface area contributed by atoms with Crippen molar-refractivity contribution in [3.63, 3.8) is 0 Å². The molecule has 0 radical (unpaired) electrons. The van der Waals surface area contributed by atoms with Gasteiger partial charge in [0.1, 0.15) is 23.2 Å². The Morgan fingerprint density at radius 3 is 2.59 bits per heavy atom. The number of fused-ring (bicyclic) bond motifs is 1. The van der Waals surface area contributed by atoms with Gasteiger partial charge < -0.3 is 10.2 Å². The smallest absolute Gasteiger partial charge is 0.346 e. The first-order valence-electron chi connectivity index (χ1n) is 10.2. The molecule has 1 N–H and O–H groups in total. The molecule has 1 amide bonds. The highest BCUT2D eigenvalue weighted by Gasteiger charge is 2.32. The van der Waals surface area contributed by atoms with E-state index in [9.17, 15) is 18.0 Å². The van der Waals surface area contributed by atoms with Crippen LogP contribution < -0.4 is 10.2 Å². The fourth-order valence-corrected chi connectivity index (χ4v) is 3.64. The Labute approximate surface area is 182 Å². The van der Waals surface area contributed by atoms with Crippen LogP contribution in [0, 0.1) is 0 Å². The molecular weight excluding hydrogens is 423 g/mol. The van der Waals surface area contributed by atoms with Crippen LogP contribution in [-0.2, 0) is 30.4 Å². The number of likely N-dealkylation sites (N-methyl/N-ethyl adjacent to an activating group) is 1. The highest BCUT2D eigenvalue weighted by atomic mass is 19.4. The first kappa shape index (κ1) is 21.7. The molecule has 0 aromatic carbocycles. The van der Waals surface area contributed by atoms with Gasteiger partial charge in [-0.05, 0) is 30.0 Å². The van der Waals surface area contributed by atoms with Crippen LogP contribution in [0.25, 0.3) is 0 Å². The molecule has 0 aliphatic carbocycles. The lowest BCUT2D eigenvalue weighted by molar-refractivity contribution is -0.141. The monoisotopic (exact) mass is 445 g/mol. The fourth-order valence-electron chi connectivity index (χ4n) is 3.64. The number of aromatic nitrogens is 5. The summed E-state index contributed by atoms with van der Waals surface area (Å²) in [5, 5.41) is 7.12. The van der Waals surface area contributed by atoms with Crippen molar-refractivity contribution < 1.29 is 18.0 Å². The highest BCUT2D eigenvalue weighted by molar-refractivity contribution is 6.02. The van der Waals surface area contributed by atoms with Crippen molar-refractivity contribution in [2.75, 3.05) is 17.3 Å². The van der Waals surface area contributed by atoms with Gasteiger partial charge in [0.25, 0.3) is 0 Å². The third-order valence-electron chi connectivity index (χ3n) is 5.35. The van der Waals surface area contributed by atoms with E-state index >= 15 is 0 Å². The number of aryl methyl sites for hydroxylation is 2. The van der Waals surface area contributed by atoms with Crippen molar-refractivity contribution in [2.24, 2.45) is 0 Å². The number of alkyl halides is 3. The molecule has 0 fully saturated rings. The molecule has 3 aromatic heterocycles. The molecule has 32 heavy (non-hydrogen) atoms. The van der Waals surface area contributed by atoms with E-state index in [0.717, 1.165) is 11.6 Å². The maximum absolute atomic E-state index is 12.6. The number of carbonyl (C=O) groups is 1. The zero-order chi connectivity index (χ0) is 22.9. The largest absolute Gasteiger partial charge is 0.433 e. The van der Waals surface area contributed by atoms with Crippen LogP contribution in [0.3, 0.4) is 0 Å². The van der Waals surface area contributed by atoms with Crippen molar-refractivity contribution in [3.05, 3.63) is 59.6 Å². The van der Waals surface area contributed by atoms with Crippen LogP contribution in [0.15, 0.2) is 36.9 Å². The molecule has 1 aliphatic heterocycles. The average molecular weight is 445 g/mol. The summed E-state index contributed by atoms with van der Waals surface area (Å²) in [6.07, 6.45) is 3.85. The summed E-state index contributed by atoms with van der Waals surface area (Å²) in [5.41, 5.74) is 1.27. The zero-order valence-electron chi connectivity index (χ0n) is 17.6. The van der Waals surface area contributed by atoms with Gasteiger partial charge in [-0.3, -0.25) is 14.5 Å². The minimum Gasteiger partial charge on any atom is -0.346 e. The summed E-state index contributed by atoms with van der Waals surface area (Å²) in [6.45, 7) is 2.27. The number of amides is 1. The average Bonchev–Trinajstić information content (AvgIpc) is 3.20. The minimum absolute atomic E-state index is 0.0606. The second-order valence-electron chi connectivity index (χ2n) is 7.64. The number of hydrogen-bond donors (Lipinski definition) is 1. The lowest BCUT2D eigenvalue weighted by atomic mass is 10.1. The van der Waals surface area contributed by atoms with Gasteiger partial charge in [-0.15, -0.1) is 0 Å². The maximum Gasteiger partial charge on any atom is 0.433 e. The van der Waals surface area contributed by atoms with Gasteiger partial charge in [0, 0.05) is 25.9 Å². The standard InChI is InChI=1S/C21H22F3N7O/c1-3-16-20(32)28-15-10-26-18(29-19(15)30(16)2)7-5-14-9-27-31(12-14)11-13-4-6-17(25-8-13)21(22,23)24/h4,6,8-10,12,16H,3,5,7,11H2,1-2H3,(H,28,32)/t16-/m0/s1. The minimum atomic E-state index is -4.45. The van der Waals surface area contributed by atoms with Gasteiger partial charge >= 0.3 is 6.18 Å². The SMILES string of the molecule is CC[C@H]1C(=O)Nc2cnc(CCc3cnn(Cc4ccc(C(F)(F)F)nc4)c3)nc2N1C. The molecule has 8 nitrogen and oxygen atoms in total. The highest BCUT2D eigenvalue weighted by Crippen LogP contribution is 2.29. The van der Waals surface area contributed by atoms with Crippen molar-refractivity contribution in [1.29, 1.82) is 0 Å². The third kappa shape index (κ3) is 4.56. The van der Waals surface area contributed by atoms with Crippen molar-refractivity contribution >= 4 is 17.4 Å². The number of nitrogens with one attached hydrogen (secondary N) is 1. The zero-order valence-corrected chi connectivity index (χ0v) is 17.6. The van der Waals surface area contributed by atoms with E-state index in [4.69, 9.17) is 0 Å². The number of hydrogen-bond acceptors (Lipinski definition) is 6. The summed E-state index contributed by atoms with van der Waals surface area (Å²) in [7, 11) is 1.85. The number of anilines is 2. The molecule has 11 heteroatoms. The summed E-state index contributed by atoms with van der Waals surface area (Å²) in [4.78, 5) is 26.4. The van der Waals surface area contributed by atoms with Crippen molar-refractivity contribution in [3.8, 4) is 0 Å². The number of pyridine rings is 1. The first-order valence-corrected chi connectivity index (χ1v) is 10.2. The first-order chi connectivity index (χ1) is 15.2. The molecule has 0 saturated heterocycles. The van der Waals surface area contributed by atoms with E-state index in [-0.39, 0.29) is 11.9 Å². The molecule has 1 aliphatic rings. The maximum atomic E-state index is 12.6. The molecule has 1 atom stereocenters. The number of carbonyl (C=O) groups excluding carboxylic acids is 1. The van der Waals surface area contributed by atoms with Crippen molar-refractivity contribution in [1.82, 2.24) is 24.7 Å². The number of halogens is 3. The molecule has 4 rings (SSSR count). The molecule has 3 aromatic rings. The lowest BCUT2D eigenvalue weighted by Crippen LogP contribution is -2.46. The molecule has 0 saturated carbocycles. The van der Waals surface area contributed by atoms with Gasteiger partial charge in [-0.2, -0.15) is 18.3 Å². The van der Waals surface area contributed by atoms with E-state index < -0.39 is 11.9 Å². The third-order valence-corrected chi connectivity index (χ3v) is 5.35. The Hall–Kier alpha value is -3.50. The van der Waals surface area contributed by atoms with Crippen LogP contribution in [-0.4, -0.2) is 43.7 Å². The summed E-state index contributed by atoms with van der Waals surface area (Å²) in [5.74, 6) is 1.29.